The molecule has 0 saturated heterocycles. The minimum atomic E-state index is -0.0331. The van der Waals surface area contributed by atoms with Gasteiger partial charge in [0.1, 0.15) is 0 Å². The number of nitrogens with one attached hydrogen (secondary N) is 2. The van der Waals surface area contributed by atoms with Crippen LogP contribution in [0.4, 0.5) is 0 Å². The topological polar surface area (TPSA) is 57.8 Å². The predicted octanol–water partition coefficient (Wildman–Crippen LogP) is 1.71. The highest BCUT2D eigenvalue weighted by atomic mass is 32.1. The number of hydrogen-bond donors (Lipinski definition) is 2. The lowest BCUT2D eigenvalue weighted by molar-refractivity contribution is 0.0955. The summed E-state index contributed by atoms with van der Waals surface area (Å²) < 4.78 is 0. The van der Waals surface area contributed by atoms with Gasteiger partial charge in [0.25, 0.3) is 5.91 Å². The standard InChI is InChI=1S/C10H11N3OS/c1-7-2-3-9(15-7)10(14)11-4-8-5-12-13-6-8/h2-3,5-6H,4H2,1H3,(H,11,14)(H,12,13). The Morgan fingerprint density at radius 2 is 2.47 bits per heavy atom. The SMILES string of the molecule is Cc1ccc(C(=O)NCc2cn[nH]c2)s1. The van der Waals surface area contributed by atoms with Gasteiger partial charge in [0.05, 0.1) is 11.1 Å². The fourth-order valence-electron chi connectivity index (χ4n) is 1.20. The number of nitrogens with zero attached hydrogens (tertiary/aromatic N) is 1. The number of aromatic amines is 1. The lowest BCUT2D eigenvalue weighted by Crippen LogP contribution is -2.21. The Bertz CT molecular complexity index is 447. The molecule has 1 amide bonds. The number of H-pyrrole nitrogens is 1. The first-order chi connectivity index (χ1) is 7.25. The van der Waals surface area contributed by atoms with Crippen LogP contribution in [-0.2, 0) is 6.54 Å². The van der Waals surface area contributed by atoms with Crippen LogP contribution >= 0.6 is 11.3 Å². The van der Waals surface area contributed by atoms with E-state index in [-0.39, 0.29) is 5.91 Å². The molecule has 0 fully saturated rings. The van der Waals surface area contributed by atoms with Gasteiger partial charge in [0.15, 0.2) is 0 Å². The molecule has 0 aliphatic rings. The molecule has 2 heterocycles. The highest BCUT2D eigenvalue weighted by Gasteiger charge is 2.07. The van der Waals surface area contributed by atoms with Gasteiger partial charge < -0.3 is 5.32 Å². The van der Waals surface area contributed by atoms with E-state index in [1.54, 1.807) is 12.4 Å². The van der Waals surface area contributed by atoms with Crippen LogP contribution in [0.15, 0.2) is 24.5 Å². The second-order valence-corrected chi connectivity index (χ2v) is 4.49. The van der Waals surface area contributed by atoms with Crippen molar-refractivity contribution < 1.29 is 4.79 Å². The number of aromatic nitrogens is 2. The van der Waals surface area contributed by atoms with Crippen molar-refractivity contribution in [2.45, 2.75) is 13.5 Å². The number of rotatable bonds is 3. The Kier molecular flexibility index (Phi) is 2.82. The predicted molar refractivity (Wildman–Crippen MR) is 58.8 cm³/mol. The van der Waals surface area contributed by atoms with E-state index in [9.17, 15) is 4.79 Å². The van der Waals surface area contributed by atoms with Crippen LogP contribution < -0.4 is 5.32 Å². The molecule has 0 aliphatic heterocycles. The molecule has 0 bridgehead atoms. The van der Waals surface area contributed by atoms with Crippen LogP contribution in [0.25, 0.3) is 0 Å². The van der Waals surface area contributed by atoms with Gasteiger partial charge in [-0.15, -0.1) is 11.3 Å². The maximum Gasteiger partial charge on any atom is 0.261 e. The van der Waals surface area contributed by atoms with E-state index in [0.29, 0.717) is 6.54 Å². The number of hydrogen-bond acceptors (Lipinski definition) is 3. The second-order valence-electron chi connectivity index (χ2n) is 3.20. The van der Waals surface area contributed by atoms with Gasteiger partial charge in [0.2, 0.25) is 0 Å². The van der Waals surface area contributed by atoms with Crippen molar-refractivity contribution in [2.75, 3.05) is 0 Å². The molecule has 0 spiro atoms. The molecule has 0 atom stereocenters. The normalized spacial score (nSPS) is 10.2. The van der Waals surface area contributed by atoms with Crippen molar-refractivity contribution in [3.8, 4) is 0 Å². The number of carbonyl (C=O) groups excluding carboxylic acids is 1. The van der Waals surface area contributed by atoms with E-state index in [4.69, 9.17) is 0 Å². The van der Waals surface area contributed by atoms with E-state index in [2.05, 4.69) is 15.5 Å². The monoisotopic (exact) mass is 221 g/mol. The van der Waals surface area contributed by atoms with E-state index >= 15 is 0 Å². The molecule has 2 N–H and O–H groups in total. The summed E-state index contributed by atoms with van der Waals surface area (Å²) in [6.07, 6.45) is 3.46. The van der Waals surface area contributed by atoms with Gasteiger partial charge in [-0.3, -0.25) is 9.89 Å². The third kappa shape index (κ3) is 2.44. The zero-order valence-electron chi connectivity index (χ0n) is 8.28. The van der Waals surface area contributed by atoms with Gasteiger partial charge in [-0.2, -0.15) is 5.10 Å². The average molecular weight is 221 g/mol. The van der Waals surface area contributed by atoms with Gasteiger partial charge in [0, 0.05) is 23.2 Å². The summed E-state index contributed by atoms with van der Waals surface area (Å²) >= 11 is 1.50. The van der Waals surface area contributed by atoms with Crippen molar-refractivity contribution >= 4 is 17.2 Å². The first kappa shape index (κ1) is 9.92. The first-order valence-electron chi connectivity index (χ1n) is 4.58. The first-order valence-corrected chi connectivity index (χ1v) is 5.39. The molecule has 0 radical (unpaired) electrons. The van der Waals surface area contributed by atoms with Crippen molar-refractivity contribution in [3.63, 3.8) is 0 Å². The van der Waals surface area contributed by atoms with Crippen molar-refractivity contribution in [3.05, 3.63) is 39.8 Å². The fourth-order valence-corrected chi connectivity index (χ4v) is 1.98. The van der Waals surface area contributed by atoms with Crippen LogP contribution in [0.3, 0.4) is 0 Å². The molecule has 2 aromatic heterocycles. The lowest BCUT2D eigenvalue weighted by atomic mass is 10.3. The van der Waals surface area contributed by atoms with Crippen LogP contribution in [0.1, 0.15) is 20.1 Å². The highest BCUT2D eigenvalue weighted by Crippen LogP contribution is 2.14. The summed E-state index contributed by atoms with van der Waals surface area (Å²) in [5.41, 5.74) is 0.969. The molecule has 0 aliphatic carbocycles. The van der Waals surface area contributed by atoms with Gasteiger partial charge in [-0.25, -0.2) is 0 Å². The molecule has 15 heavy (non-hydrogen) atoms. The Balaban J connectivity index is 1.93. The molecule has 2 rings (SSSR count). The van der Waals surface area contributed by atoms with Gasteiger partial charge >= 0.3 is 0 Å². The summed E-state index contributed by atoms with van der Waals surface area (Å²) in [6, 6.07) is 3.78. The Morgan fingerprint density at radius 1 is 1.60 bits per heavy atom. The third-order valence-electron chi connectivity index (χ3n) is 1.97. The van der Waals surface area contributed by atoms with Crippen LogP contribution in [0.2, 0.25) is 0 Å². The number of thiophene rings is 1. The Morgan fingerprint density at radius 3 is 3.07 bits per heavy atom. The summed E-state index contributed by atoms with van der Waals surface area (Å²) in [4.78, 5) is 13.5. The van der Waals surface area contributed by atoms with E-state index in [1.165, 1.54) is 11.3 Å². The average Bonchev–Trinajstić information content (AvgIpc) is 2.84. The fraction of sp³-hybridized carbons (Fsp3) is 0.200. The summed E-state index contributed by atoms with van der Waals surface area (Å²) in [5, 5.41) is 9.33. The van der Waals surface area contributed by atoms with Crippen molar-refractivity contribution in [1.29, 1.82) is 0 Å². The van der Waals surface area contributed by atoms with Gasteiger partial charge in [-0.1, -0.05) is 0 Å². The van der Waals surface area contributed by atoms with Gasteiger partial charge in [-0.05, 0) is 19.1 Å². The lowest BCUT2D eigenvalue weighted by Gasteiger charge is -2.00. The van der Waals surface area contributed by atoms with Crippen LogP contribution in [-0.4, -0.2) is 16.1 Å². The number of amides is 1. The molecular formula is C10H11N3OS. The summed E-state index contributed by atoms with van der Waals surface area (Å²) in [6.45, 7) is 2.49. The number of carbonyl (C=O) groups is 1. The molecular weight excluding hydrogens is 210 g/mol. The quantitative estimate of drug-likeness (QED) is 0.829. The summed E-state index contributed by atoms with van der Waals surface area (Å²) in [5.74, 6) is -0.0331. The zero-order chi connectivity index (χ0) is 10.7. The molecule has 0 unspecified atom stereocenters. The van der Waals surface area contributed by atoms with E-state index in [1.807, 2.05) is 19.1 Å². The summed E-state index contributed by atoms with van der Waals surface area (Å²) in [7, 11) is 0. The molecule has 78 valence electrons. The van der Waals surface area contributed by atoms with E-state index < -0.39 is 0 Å². The minimum Gasteiger partial charge on any atom is -0.347 e. The third-order valence-corrected chi connectivity index (χ3v) is 2.97. The molecule has 2 aromatic rings. The highest BCUT2D eigenvalue weighted by molar-refractivity contribution is 7.13. The molecule has 0 saturated carbocycles. The maximum atomic E-state index is 11.6. The maximum absolute atomic E-state index is 11.6. The molecule has 0 aromatic carbocycles. The zero-order valence-corrected chi connectivity index (χ0v) is 9.10. The van der Waals surface area contributed by atoms with Crippen molar-refractivity contribution in [1.82, 2.24) is 15.5 Å². The van der Waals surface area contributed by atoms with E-state index in [0.717, 1.165) is 15.3 Å². The molecule has 5 heteroatoms. The molecule has 4 nitrogen and oxygen atoms in total. The van der Waals surface area contributed by atoms with Crippen LogP contribution in [0.5, 0.6) is 0 Å². The second kappa shape index (κ2) is 4.27. The number of aryl methyl sites for hydroxylation is 1. The van der Waals surface area contributed by atoms with Crippen molar-refractivity contribution in [2.24, 2.45) is 0 Å². The smallest absolute Gasteiger partial charge is 0.261 e. The minimum absolute atomic E-state index is 0.0331. The Hall–Kier alpha value is -1.62. The Labute approximate surface area is 91.3 Å². The largest absolute Gasteiger partial charge is 0.347 e. The van der Waals surface area contributed by atoms with Crippen LogP contribution in [0, 0.1) is 6.92 Å².